The van der Waals surface area contributed by atoms with E-state index < -0.39 is 17.5 Å². The number of aromatic nitrogens is 1. The number of aromatic amines is 1. The number of piperazine rings is 1. The van der Waals surface area contributed by atoms with Crippen LogP contribution in [0.3, 0.4) is 0 Å². The van der Waals surface area contributed by atoms with Crippen LogP contribution >= 0.6 is 0 Å². The highest BCUT2D eigenvalue weighted by atomic mass is 19.1. The van der Waals surface area contributed by atoms with E-state index in [4.69, 9.17) is 0 Å². The van der Waals surface area contributed by atoms with Crippen LogP contribution in [0.5, 0.6) is 0 Å². The summed E-state index contributed by atoms with van der Waals surface area (Å²) >= 11 is 0. The van der Waals surface area contributed by atoms with Gasteiger partial charge in [0.1, 0.15) is 32.0 Å². The van der Waals surface area contributed by atoms with Crippen LogP contribution in [0.25, 0.3) is 0 Å². The highest BCUT2D eigenvalue weighted by Crippen LogP contribution is 2.28. The molecule has 1 fully saturated rings. The van der Waals surface area contributed by atoms with Crippen molar-refractivity contribution in [1.82, 2.24) is 0 Å². The summed E-state index contributed by atoms with van der Waals surface area (Å²) in [5.74, 6) is -0.602. The first kappa shape index (κ1) is 15.7. The van der Waals surface area contributed by atoms with Crippen LogP contribution in [0.2, 0.25) is 0 Å². The van der Waals surface area contributed by atoms with Gasteiger partial charge < -0.3 is 4.90 Å². The first-order chi connectivity index (χ1) is 12.1. The highest BCUT2D eigenvalue weighted by Gasteiger charge is 2.39. The number of carbonyl (C=O) groups is 2. The number of halogens is 1. The van der Waals surface area contributed by atoms with Crippen molar-refractivity contribution in [2.24, 2.45) is 0 Å². The molecule has 25 heavy (non-hydrogen) atoms. The fraction of sp³-hybridized carbons (Fsp3) is 0.278. The summed E-state index contributed by atoms with van der Waals surface area (Å²) in [6.07, 6.45) is 1.90. The zero-order valence-corrected chi connectivity index (χ0v) is 13.7. The van der Waals surface area contributed by atoms with Crippen molar-refractivity contribution in [3.8, 4) is 0 Å². The Morgan fingerprint density at radius 2 is 1.92 bits per heavy atom. The maximum atomic E-state index is 13.4. The van der Waals surface area contributed by atoms with Crippen molar-refractivity contribution in [3.05, 3.63) is 54.0 Å². The van der Waals surface area contributed by atoms with Gasteiger partial charge in [-0.25, -0.2) is 9.37 Å². The Labute approximate surface area is 144 Å². The zero-order chi connectivity index (χ0) is 17.4. The van der Waals surface area contributed by atoms with Crippen LogP contribution < -0.4 is 19.7 Å². The lowest BCUT2D eigenvalue weighted by atomic mass is 10.1. The molecule has 4 rings (SSSR count). The van der Waals surface area contributed by atoms with Crippen molar-refractivity contribution in [2.45, 2.75) is 0 Å². The Bertz CT molecular complexity index is 819. The number of amides is 1. The van der Waals surface area contributed by atoms with E-state index in [9.17, 15) is 14.0 Å². The van der Waals surface area contributed by atoms with Crippen molar-refractivity contribution in [3.63, 3.8) is 0 Å². The van der Waals surface area contributed by atoms with Gasteiger partial charge in [-0.3, -0.25) is 19.4 Å². The molecule has 0 atom stereocenters. The molecular weight excluding hydrogens is 323 g/mol. The van der Waals surface area contributed by atoms with Gasteiger partial charge in [-0.2, -0.15) is 0 Å². The quantitative estimate of drug-likeness (QED) is 0.768. The number of carbonyl (C=O) groups excluding carboxylic acids is 2. The van der Waals surface area contributed by atoms with Gasteiger partial charge in [0.15, 0.2) is 6.67 Å². The van der Waals surface area contributed by atoms with Crippen molar-refractivity contribution in [1.29, 1.82) is 0 Å². The smallest absolute Gasteiger partial charge is 0.303 e. The van der Waals surface area contributed by atoms with Gasteiger partial charge in [0.05, 0.1) is 17.4 Å². The lowest BCUT2D eigenvalue weighted by Gasteiger charge is -2.30. The van der Waals surface area contributed by atoms with E-state index in [1.165, 1.54) is 21.9 Å². The monoisotopic (exact) mass is 342 g/mol. The molecule has 2 N–H and O–H groups in total. The summed E-state index contributed by atoms with van der Waals surface area (Å²) < 4.78 is 13.4. The second-order valence-corrected chi connectivity index (χ2v) is 6.37. The third kappa shape index (κ3) is 2.87. The molecule has 0 bridgehead atoms. The number of anilines is 2. The van der Waals surface area contributed by atoms with Crippen molar-refractivity contribution < 1.29 is 23.9 Å². The van der Waals surface area contributed by atoms with Gasteiger partial charge in [-0.05, 0) is 24.3 Å². The molecule has 2 aromatic rings. The molecule has 0 aliphatic carbocycles. The maximum Gasteiger partial charge on any atom is 0.303 e. The Hall–Kier alpha value is -2.80. The number of nitrogens with zero attached hydrogens (tertiary/aromatic N) is 2. The Morgan fingerprint density at radius 1 is 1.12 bits per heavy atom. The Balaban J connectivity index is 1.44. The lowest BCUT2D eigenvalue weighted by molar-refractivity contribution is -0.899. The molecule has 1 aromatic heterocycles. The average Bonchev–Trinajstić information content (AvgIpc) is 2.88. The van der Waals surface area contributed by atoms with E-state index >= 15 is 0 Å². The van der Waals surface area contributed by atoms with Gasteiger partial charge in [-0.1, -0.05) is 6.07 Å². The molecule has 6 nitrogen and oxygen atoms in total. The third-order valence-electron chi connectivity index (χ3n) is 4.82. The highest BCUT2D eigenvalue weighted by molar-refractivity contribution is 6.52. The van der Waals surface area contributed by atoms with Crippen LogP contribution in [0.15, 0.2) is 42.6 Å². The first-order valence-corrected chi connectivity index (χ1v) is 8.34. The minimum atomic E-state index is -0.619. The Kier molecular flexibility index (Phi) is 3.93. The van der Waals surface area contributed by atoms with Gasteiger partial charge in [0, 0.05) is 6.07 Å². The van der Waals surface area contributed by atoms with E-state index in [0.29, 0.717) is 12.4 Å². The molecule has 2 aliphatic rings. The molecule has 3 heterocycles. The number of H-pyrrole nitrogens is 1. The predicted octanol–water partition coefficient (Wildman–Crippen LogP) is -0.468. The summed E-state index contributed by atoms with van der Waals surface area (Å²) in [4.78, 5) is 32.5. The standard InChI is InChI=1S/C18H17FN4O2/c19-13-4-5-15-14(11-13)17(24)18(25)23(15)12-21-7-9-22(10-8-21)16-3-1-2-6-20-16/h1-6,11H,7-10,12H2/p+2. The number of quaternary nitrogens is 1. The summed E-state index contributed by atoms with van der Waals surface area (Å²) in [5, 5.41) is 0. The molecule has 7 heteroatoms. The maximum absolute atomic E-state index is 13.4. The summed E-state index contributed by atoms with van der Waals surface area (Å²) in [7, 11) is 0. The van der Waals surface area contributed by atoms with Crippen LogP contribution in [0.1, 0.15) is 10.4 Å². The molecule has 0 unspecified atom stereocenters. The first-order valence-electron chi connectivity index (χ1n) is 8.34. The molecule has 1 amide bonds. The summed E-state index contributed by atoms with van der Waals surface area (Å²) in [6.45, 7) is 3.87. The minimum Gasteiger partial charge on any atom is -0.311 e. The van der Waals surface area contributed by atoms with Gasteiger partial charge in [0.25, 0.3) is 11.6 Å². The minimum absolute atomic E-state index is 0.168. The van der Waals surface area contributed by atoms with E-state index in [1.54, 1.807) is 0 Å². The number of fused-ring (bicyclic) bond motifs is 1. The van der Waals surface area contributed by atoms with Crippen molar-refractivity contribution >= 4 is 23.2 Å². The van der Waals surface area contributed by atoms with E-state index in [1.807, 2.05) is 24.4 Å². The second kappa shape index (κ2) is 6.25. The molecule has 1 saturated heterocycles. The average molecular weight is 342 g/mol. The topological polar surface area (TPSA) is 59.2 Å². The zero-order valence-electron chi connectivity index (χ0n) is 13.7. The number of hydrogen-bond acceptors (Lipinski definition) is 3. The number of nitrogens with one attached hydrogen (secondary N) is 2. The molecule has 128 valence electrons. The lowest BCUT2D eigenvalue weighted by Crippen LogP contribution is -3.16. The number of benzene rings is 1. The van der Waals surface area contributed by atoms with Gasteiger partial charge in [0.2, 0.25) is 0 Å². The molecule has 0 saturated carbocycles. The van der Waals surface area contributed by atoms with Crippen LogP contribution in [-0.4, -0.2) is 44.5 Å². The fourth-order valence-corrected chi connectivity index (χ4v) is 3.46. The predicted molar refractivity (Wildman–Crippen MR) is 89.0 cm³/mol. The van der Waals surface area contributed by atoms with Crippen LogP contribution in [0.4, 0.5) is 15.9 Å². The number of Topliss-reactive ketones (excluding diaryl/α,β-unsaturated/α-hetero) is 1. The molecule has 2 aliphatic heterocycles. The molecule has 0 spiro atoms. The third-order valence-corrected chi connectivity index (χ3v) is 4.82. The summed E-state index contributed by atoms with van der Waals surface area (Å²) in [6, 6.07) is 9.93. The largest absolute Gasteiger partial charge is 0.311 e. The van der Waals surface area contributed by atoms with Crippen molar-refractivity contribution in [2.75, 3.05) is 42.6 Å². The van der Waals surface area contributed by atoms with E-state index in [0.717, 1.165) is 38.1 Å². The molecule has 0 radical (unpaired) electrons. The molecular formula is C18H19FN4O2+2. The number of pyridine rings is 1. The second-order valence-electron chi connectivity index (χ2n) is 6.37. The number of ketones is 1. The normalized spacial score (nSPS) is 18.0. The SMILES string of the molecule is O=C1C(=O)N(C[NH+]2CCN(c3cccc[nH+]3)CC2)c2ccc(F)cc21. The van der Waals surface area contributed by atoms with Gasteiger partial charge >= 0.3 is 5.91 Å². The van der Waals surface area contributed by atoms with Crippen LogP contribution in [0, 0.1) is 5.82 Å². The summed E-state index contributed by atoms with van der Waals surface area (Å²) in [5.41, 5.74) is 0.685. The van der Waals surface area contributed by atoms with Gasteiger partial charge in [-0.15, -0.1) is 0 Å². The number of hydrogen-bond donors (Lipinski definition) is 1. The number of rotatable bonds is 3. The van der Waals surface area contributed by atoms with Crippen LogP contribution in [-0.2, 0) is 4.79 Å². The molecule has 1 aromatic carbocycles. The van der Waals surface area contributed by atoms with E-state index in [-0.39, 0.29) is 5.56 Å². The van der Waals surface area contributed by atoms with E-state index in [2.05, 4.69) is 9.88 Å². The Morgan fingerprint density at radius 3 is 2.64 bits per heavy atom. The fourth-order valence-electron chi connectivity index (χ4n) is 3.46.